The minimum atomic E-state index is 0.174. The molecule has 1 saturated heterocycles. The molecule has 126 valence electrons. The molecule has 1 heterocycles. The predicted molar refractivity (Wildman–Crippen MR) is 97.0 cm³/mol. The van der Waals surface area contributed by atoms with Gasteiger partial charge in [-0.2, -0.15) is 0 Å². The van der Waals surface area contributed by atoms with Crippen molar-refractivity contribution in [3.63, 3.8) is 0 Å². The first-order chi connectivity index (χ1) is 11.1. The zero-order chi connectivity index (χ0) is 16.2. The molecular weight excluding hydrogens is 304 g/mol. The normalized spacial score (nSPS) is 20.0. The molecule has 0 atom stereocenters. The maximum absolute atomic E-state index is 12.1. The van der Waals surface area contributed by atoms with E-state index in [9.17, 15) is 4.79 Å². The van der Waals surface area contributed by atoms with Gasteiger partial charge in [0.15, 0.2) is 0 Å². The number of benzene rings is 1. The lowest BCUT2D eigenvalue weighted by Gasteiger charge is -2.32. The molecule has 2 aliphatic rings. The van der Waals surface area contributed by atoms with E-state index in [0.29, 0.717) is 17.7 Å². The van der Waals surface area contributed by atoms with Gasteiger partial charge >= 0.3 is 0 Å². The van der Waals surface area contributed by atoms with Crippen molar-refractivity contribution >= 4 is 17.7 Å². The highest BCUT2D eigenvalue weighted by atomic mass is 32.2. The van der Waals surface area contributed by atoms with Crippen LogP contribution >= 0.6 is 11.8 Å². The average Bonchev–Trinajstić information content (AvgIpc) is 3.39. The fraction of sp³-hybridized carbons (Fsp3) is 0.632. The quantitative estimate of drug-likeness (QED) is 0.807. The highest BCUT2D eigenvalue weighted by molar-refractivity contribution is 8.00. The van der Waals surface area contributed by atoms with Gasteiger partial charge in [0.2, 0.25) is 5.91 Å². The Bertz CT molecular complexity index is 517. The summed E-state index contributed by atoms with van der Waals surface area (Å²) in [4.78, 5) is 15.9. The Labute approximate surface area is 144 Å². The molecule has 1 aliphatic carbocycles. The van der Waals surface area contributed by atoms with Crippen LogP contribution in [0, 0.1) is 0 Å². The van der Waals surface area contributed by atoms with Crippen molar-refractivity contribution in [3.05, 3.63) is 29.8 Å². The molecule has 0 unspecified atom stereocenters. The summed E-state index contributed by atoms with van der Waals surface area (Å²) in [5, 5.41) is 3.21. The van der Waals surface area contributed by atoms with E-state index in [2.05, 4.69) is 48.3 Å². The van der Waals surface area contributed by atoms with Gasteiger partial charge in [-0.05, 0) is 49.3 Å². The molecule has 3 rings (SSSR count). The number of amides is 1. The standard InChI is InChI=1S/C19H28N2OS/c1-14(2)15-3-7-18(8-4-15)23-13-19(22)20-16-9-11-21(12-10-16)17-5-6-17/h3-4,7-8,14,16-17H,5-6,9-13H2,1-2H3,(H,20,22). The Balaban J connectivity index is 1.37. The Morgan fingerprint density at radius 2 is 1.83 bits per heavy atom. The van der Waals surface area contributed by atoms with Gasteiger partial charge in [0.1, 0.15) is 0 Å². The van der Waals surface area contributed by atoms with Crippen LogP contribution in [0.1, 0.15) is 51.0 Å². The first-order valence-electron chi connectivity index (χ1n) is 8.88. The third-order valence-corrected chi connectivity index (χ3v) is 5.89. The van der Waals surface area contributed by atoms with Crippen LogP contribution in [0.5, 0.6) is 0 Å². The average molecular weight is 333 g/mol. The number of carbonyl (C=O) groups is 1. The number of rotatable bonds is 6. The van der Waals surface area contributed by atoms with Gasteiger partial charge in [0.25, 0.3) is 0 Å². The third-order valence-electron chi connectivity index (χ3n) is 4.87. The Hall–Kier alpha value is -1.00. The first kappa shape index (κ1) is 16.8. The van der Waals surface area contributed by atoms with E-state index in [1.807, 2.05) is 0 Å². The molecule has 3 nitrogen and oxygen atoms in total. The van der Waals surface area contributed by atoms with Crippen LogP contribution in [0.25, 0.3) is 0 Å². The molecule has 0 radical (unpaired) electrons. The predicted octanol–water partition coefficient (Wildman–Crippen LogP) is 3.65. The minimum absolute atomic E-state index is 0.174. The Kier molecular flexibility index (Phi) is 5.65. The summed E-state index contributed by atoms with van der Waals surface area (Å²) in [6.45, 7) is 6.70. The zero-order valence-electron chi connectivity index (χ0n) is 14.3. The second kappa shape index (κ2) is 7.71. The lowest BCUT2D eigenvalue weighted by atomic mass is 10.0. The summed E-state index contributed by atoms with van der Waals surface area (Å²) in [6, 6.07) is 9.82. The molecule has 1 aromatic rings. The molecule has 2 fully saturated rings. The highest BCUT2D eigenvalue weighted by Crippen LogP contribution is 2.29. The van der Waals surface area contributed by atoms with Gasteiger partial charge in [-0.25, -0.2) is 0 Å². The number of hydrogen-bond donors (Lipinski definition) is 1. The maximum atomic E-state index is 12.1. The minimum Gasteiger partial charge on any atom is -0.353 e. The molecule has 1 aromatic carbocycles. The number of nitrogens with one attached hydrogen (secondary N) is 1. The number of carbonyl (C=O) groups excluding carboxylic acids is 1. The number of hydrogen-bond acceptors (Lipinski definition) is 3. The second-order valence-electron chi connectivity index (χ2n) is 7.12. The van der Waals surface area contributed by atoms with Crippen molar-refractivity contribution in [2.75, 3.05) is 18.8 Å². The summed E-state index contributed by atoms with van der Waals surface area (Å²) in [6.07, 6.45) is 4.97. The molecule has 1 N–H and O–H groups in total. The van der Waals surface area contributed by atoms with Crippen LogP contribution in [0.2, 0.25) is 0 Å². The summed E-state index contributed by atoms with van der Waals surface area (Å²) in [7, 11) is 0. The van der Waals surface area contributed by atoms with Crippen LogP contribution in [0.3, 0.4) is 0 Å². The summed E-state index contributed by atoms with van der Waals surface area (Å²) >= 11 is 1.63. The topological polar surface area (TPSA) is 32.3 Å². The van der Waals surface area contributed by atoms with Gasteiger partial charge in [0.05, 0.1) is 5.75 Å². The molecule has 4 heteroatoms. The lowest BCUT2D eigenvalue weighted by Crippen LogP contribution is -2.45. The van der Waals surface area contributed by atoms with E-state index < -0.39 is 0 Å². The Morgan fingerprint density at radius 3 is 2.39 bits per heavy atom. The third kappa shape index (κ3) is 4.98. The van der Waals surface area contributed by atoms with E-state index in [4.69, 9.17) is 0 Å². The van der Waals surface area contributed by atoms with Gasteiger partial charge in [-0.1, -0.05) is 26.0 Å². The zero-order valence-corrected chi connectivity index (χ0v) is 15.1. The SMILES string of the molecule is CC(C)c1ccc(SCC(=O)NC2CCN(C3CC3)CC2)cc1. The van der Waals surface area contributed by atoms with Crippen molar-refractivity contribution in [2.24, 2.45) is 0 Å². The van der Waals surface area contributed by atoms with Crippen LogP contribution in [-0.4, -0.2) is 41.7 Å². The molecule has 1 aliphatic heterocycles. The highest BCUT2D eigenvalue weighted by Gasteiger charge is 2.31. The van der Waals surface area contributed by atoms with E-state index >= 15 is 0 Å². The fourth-order valence-electron chi connectivity index (χ4n) is 3.22. The van der Waals surface area contributed by atoms with Crippen LogP contribution < -0.4 is 5.32 Å². The number of likely N-dealkylation sites (tertiary alicyclic amines) is 1. The van der Waals surface area contributed by atoms with Crippen molar-refractivity contribution in [1.82, 2.24) is 10.2 Å². The lowest BCUT2D eigenvalue weighted by molar-refractivity contribution is -0.119. The van der Waals surface area contributed by atoms with E-state index in [1.165, 1.54) is 23.3 Å². The van der Waals surface area contributed by atoms with Crippen LogP contribution in [-0.2, 0) is 4.79 Å². The Morgan fingerprint density at radius 1 is 1.17 bits per heavy atom. The van der Waals surface area contributed by atoms with Crippen molar-refractivity contribution < 1.29 is 4.79 Å². The van der Waals surface area contributed by atoms with E-state index in [-0.39, 0.29) is 5.91 Å². The maximum Gasteiger partial charge on any atom is 0.230 e. The van der Waals surface area contributed by atoms with E-state index in [1.54, 1.807) is 11.8 Å². The number of thioether (sulfide) groups is 1. The largest absolute Gasteiger partial charge is 0.353 e. The molecule has 1 amide bonds. The first-order valence-corrected chi connectivity index (χ1v) is 9.86. The fourth-order valence-corrected chi connectivity index (χ4v) is 3.93. The smallest absolute Gasteiger partial charge is 0.230 e. The molecule has 0 bridgehead atoms. The van der Waals surface area contributed by atoms with Crippen molar-refractivity contribution in [3.8, 4) is 0 Å². The van der Waals surface area contributed by atoms with Gasteiger partial charge in [-0.3, -0.25) is 4.79 Å². The monoisotopic (exact) mass is 332 g/mol. The van der Waals surface area contributed by atoms with Gasteiger partial charge < -0.3 is 10.2 Å². The summed E-state index contributed by atoms with van der Waals surface area (Å²) < 4.78 is 0. The summed E-state index contributed by atoms with van der Waals surface area (Å²) in [5.41, 5.74) is 1.35. The summed E-state index contributed by atoms with van der Waals surface area (Å²) in [5.74, 6) is 1.25. The molecule has 23 heavy (non-hydrogen) atoms. The molecule has 1 saturated carbocycles. The number of piperidine rings is 1. The molecular formula is C19H28N2OS. The second-order valence-corrected chi connectivity index (χ2v) is 8.17. The van der Waals surface area contributed by atoms with Gasteiger partial charge in [0, 0.05) is 30.1 Å². The van der Waals surface area contributed by atoms with Crippen molar-refractivity contribution in [1.29, 1.82) is 0 Å². The number of nitrogens with zero attached hydrogens (tertiary/aromatic N) is 1. The molecule has 0 aromatic heterocycles. The van der Waals surface area contributed by atoms with Crippen molar-refractivity contribution in [2.45, 2.75) is 62.4 Å². The van der Waals surface area contributed by atoms with Crippen LogP contribution in [0.4, 0.5) is 0 Å². The molecule has 0 spiro atoms. The van der Waals surface area contributed by atoms with Gasteiger partial charge in [-0.15, -0.1) is 11.8 Å². The van der Waals surface area contributed by atoms with Crippen LogP contribution in [0.15, 0.2) is 29.2 Å². The van der Waals surface area contributed by atoms with E-state index in [0.717, 1.165) is 32.0 Å².